The first-order valence-corrected chi connectivity index (χ1v) is 3.85. The van der Waals surface area contributed by atoms with Gasteiger partial charge in [-0.3, -0.25) is 4.55 Å². The highest BCUT2D eigenvalue weighted by Crippen LogP contribution is 2.10. The van der Waals surface area contributed by atoms with E-state index in [-0.39, 0.29) is 10.7 Å². The van der Waals surface area contributed by atoms with Crippen LogP contribution in [-0.4, -0.2) is 18.0 Å². The van der Waals surface area contributed by atoms with Crippen molar-refractivity contribution in [1.29, 1.82) is 0 Å². The first-order chi connectivity index (χ1) is 4.50. The molecule has 0 aliphatic heterocycles. The minimum atomic E-state index is -4.09. The fourth-order valence-corrected chi connectivity index (χ4v) is 1.02. The Labute approximate surface area is 57.6 Å². The van der Waals surface area contributed by atoms with Crippen LogP contribution in [0, 0.1) is 0 Å². The fraction of sp³-hybridized carbons (Fsp3) is 0. The summed E-state index contributed by atoms with van der Waals surface area (Å²) in [6.07, 6.45) is 1.12. The highest BCUT2D eigenvalue weighted by Gasteiger charge is 2.09. The van der Waals surface area contributed by atoms with E-state index in [1.807, 2.05) is 0 Å². The maximum atomic E-state index is 10.3. The van der Waals surface area contributed by atoms with Crippen LogP contribution in [0.1, 0.15) is 0 Å². The van der Waals surface area contributed by atoms with Crippen LogP contribution in [-0.2, 0) is 10.1 Å². The van der Waals surface area contributed by atoms with E-state index in [0.717, 1.165) is 12.3 Å². The zero-order valence-electron chi connectivity index (χ0n) is 4.90. The van der Waals surface area contributed by atoms with Gasteiger partial charge in [-0.15, -0.1) is 0 Å². The van der Waals surface area contributed by atoms with Gasteiger partial charge in [-0.05, 0) is 0 Å². The molecule has 56 valence electrons. The van der Waals surface area contributed by atoms with Crippen LogP contribution in [0.3, 0.4) is 0 Å². The van der Waals surface area contributed by atoms with Gasteiger partial charge in [0.25, 0.3) is 10.1 Å². The first-order valence-electron chi connectivity index (χ1n) is 2.41. The number of rotatable bonds is 1. The smallest absolute Gasteiger partial charge is 0.296 e. The third kappa shape index (κ3) is 1.28. The molecule has 0 saturated carbocycles. The predicted molar refractivity (Wildman–Crippen MR) is 35.0 cm³/mol. The number of H-pyrrole nitrogens is 1. The number of hydrogen-bond acceptors (Lipinski definition) is 3. The molecule has 0 radical (unpaired) electrons. The molecule has 0 saturated heterocycles. The van der Waals surface area contributed by atoms with Crippen molar-refractivity contribution in [1.82, 2.24) is 4.98 Å². The average Bonchev–Trinajstić information content (AvgIpc) is 2.11. The molecule has 6 heteroatoms. The Hall–Kier alpha value is -1.01. The van der Waals surface area contributed by atoms with E-state index >= 15 is 0 Å². The van der Waals surface area contributed by atoms with Gasteiger partial charge in [0, 0.05) is 12.3 Å². The molecule has 4 N–H and O–H groups in total. The summed E-state index contributed by atoms with van der Waals surface area (Å²) in [5.74, 6) is 0.202. The summed E-state index contributed by atoms with van der Waals surface area (Å²) in [6.45, 7) is 0. The first kappa shape index (κ1) is 7.10. The lowest BCUT2D eigenvalue weighted by atomic mass is 10.6. The van der Waals surface area contributed by atoms with E-state index in [2.05, 4.69) is 4.98 Å². The molecule has 5 nitrogen and oxygen atoms in total. The molecule has 0 atom stereocenters. The van der Waals surface area contributed by atoms with Crippen molar-refractivity contribution in [2.75, 3.05) is 5.73 Å². The third-order valence-electron chi connectivity index (χ3n) is 0.977. The molecule has 1 aromatic heterocycles. The van der Waals surface area contributed by atoms with E-state index in [9.17, 15) is 8.42 Å². The Kier molecular flexibility index (Phi) is 1.42. The number of nitrogens with one attached hydrogen (secondary N) is 1. The Morgan fingerprint density at radius 1 is 1.60 bits per heavy atom. The molecule has 10 heavy (non-hydrogen) atoms. The van der Waals surface area contributed by atoms with Gasteiger partial charge < -0.3 is 10.7 Å². The summed E-state index contributed by atoms with van der Waals surface area (Å²) in [5, 5.41) is 0. The largest absolute Gasteiger partial charge is 0.385 e. The van der Waals surface area contributed by atoms with Crippen molar-refractivity contribution in [3.63, 3.8) is 0 Å². The quantitative estimate of drug-likeness (QED) is 0.500. The Morgan fingerprint density at radius 2 is 2.20 bits per heavy atom. The standard InChI is InChI=1S/C4H6N2O3S/c5-4-1-3(2-6-4)10(7,8)9/h1-2,6H,5H2,(H,7,8,9). The number of anilines is 1. The molecule has 0 bridgehead atoms. The second-order valence-electron chi connectivity index (χ2n) is 1.77. The SMILES string of the molecule is Nc1cc(S(=O)(=O)O)c[nH]1. The lowest BCUT2D eigenvalue weighted by Crippen LogP contribution is -1.94. The Morgan fingerprint density at radius 3 is 2.40 bits per heavy atom. The minimum absolute atomic E-state index is 0.202. The summed E-state index contributed by atoms with van der Waals surface area (Å²) in [6, 6.07) is 1.13. The maximum Gasteiger partial charge on any atom is 0.296 e. The molecule has 1 rings (SSSR count). The summed E-state index contributed by atoms with van der Waals surface area (Å²) in [4.78, 5) is 2.20. The van der Waals surface area contributed by atoms with Crippen LogP contribution < -0.4 is 5.73 Å². The molecule has 1 heterocycles. The molecule has 0 spiro atoms. The van der Waals surface area contributed by atoms with Crippen LogP contribution in [0.2, 0.25) is 0 Å². The van der Waals surface area contributed by atoms with Crippen LogP contribution >= 0.6 is 0 Å². The summed E-state index contributed by atoms with van der Waals surface area (Å²) in [7, 11) is -4.09. The van der Waals surface area contributed by atoms with Crippen molar-refractivity contribution >= 4 is 15.9 Å². The Balaban J connectivity index is 3.21. The molecular formula is C4H6N2O3S. The summed E-state index contributed by atoms with van der Waals surface area (Å²) >= 11 is 0. The molecule has 0 aliphatic carbocycles. The fourth-order valence-electron chi connectivity index (χ4n) is 0.540. The van der Waals surface area contributed by atoms with E-state index < -0.39 is 10.1 Å². The second-order valence-corrected chi connectivity index (χ2v) is 3.19. The van der Waals surface area contributed by atoms with Gasteiger partial charge in [-0.1, -0.05) is 0 Å². The van der Waals surface area contributed by atoms with Crippen molar-refractivity contribution in [3.8, 4) is 0 Å². The number of aromatic amines is 1. The summed E-state index contributed by atoms with van der Waals surface area (Å²) in [5.41, 5.74) is 5.14. The topological polar surface area (TPSA) is 96.2 Å². The average molecular weight is 162 g/mol. The van der Waals surface area contributed by atoms with Gasteiger partial charge in [-0.25, -0.2) is 0 Å². The molecule has 0 unspecified atom stereocenters. The third-order valence-corrected chi connectivity index (χ3v) is 1.81. The highest BCUT2D eigenvalue weighted by atomic mass is 32.2. The lowest BCUT2D eigenvalue weighted by molar-refractivity contribution is 0.483. The van der Waals surface area contributed by atoms with E-state index in [1.54, 1.807) is 0 Å². The van der Waals surface area contributed by atoms with Gasteiger partial charge in [0.2, 0.25) is 0 Å². The zero-order valence-corrected chi connectivity index (χ0v) is 5.72. The van der Waals surface area contributed by atoms with Gasteiger partial charge in [-0.2, -0.15) is 8.42 Å². The van der Waals surface area contributed by atoms with Crippen LogP contribution in [0.25, 0.3) is 0 Å². The molecule has 0 aromatic carbocycles. The minimum Gasteiger partial charge on any atom is -0.385 e. The van der Waals surface area contributed by atoms with E-state index in [1.165, 1.54) is 0 Å². The van der Waals surface area contributed by atoms with Crippen molar-refractivity contribution in [2.24, 2.45) is 0 Å². The highest BCUT2D eigenvalue weighted by molar-refractivity contribution is 7.85. The monoisotopic (exact) mass is 162 g/mol. The van der Waals surface area contributed by atoms with Gasteiger partial charge in [0.05, 0.1) is 0 Å². The molecular weight excluding hydrogens is 156 g/mol. The van der Waals surface area contributed by atoms with Crippen molar-refractivity contribution in [3.05, 3.63) is 12.3 Å². The Bertz CT molecular complexity index is 326. The number of nitrogens with two attached hydrogens (primary N) is 1. The predicted octanol–water partition coefficient (Wildman–Crippen LogP) is -0.156. The van der Waals surface area contributed by atoms with Crippen LogP contribution in [0.15, 0.2) is 17.2 Å². The van der Waals surface area contributed by atoms with Gasteiger partial charge >= 0.3 is 0 Å². The zero-order chi connectivity index (χ0) is 7.78. The van der Waals surface area contributed by atoms with E-state index in [4.69, 9.17) is 10.3 Å². The van der Waals surface area contributed by atoms with Gasteiger partial charge in [0.1, 0.15) is 10.7 Å². The summed E-state index contributed by atoms with van der Waals surface area (Å²) < 4.78 is 29.1. The van der Waals surface area contributed by atoms with Crippen molar-refractivity contribution < 1.29 is 13.0 Å². The normalized spacial score (nSPS) is 11.7. The molecule has 0 fully saturated rings. The van der Waals surface area contributed by atoms with Crippen molar-refractivity contribution in [2.45, 2.75) is 4.90 Å². The van der Waals surface area contributed by atoms with E-state index in [0.29, 0.717) is 0 Å². The van der Waals surface area contributed by atoms with Crippen LogP contribution in [0.5, 0.6) is 0 Å². The second kappa shape index (κ2) is 1.99. The molecule has 0 amide bonds. The number of aromatic nitrogens is 1. The van der Waals surface area contributed by atoms with Crippen LogP contribution in [0.4, 0.5) is 5.82 Å². The molecule has 1 aromatic rings. The lowest BCUT2D eigenvalue weighted by Gasteiger charge is -1.85. The molecule has 0 aliphatic rings. The maximum absolute atomic E-state index is 10.3. The van der Waals surface area contributed by atoms with Gasteiger partial charge in [0.15, 0.2) is 0 Å². The number of hydrogen-bond donors (Lipinski definition) is 3. The number of nitrogen functional groups attached to an aromatic ring is 1.